The summed E-state index contributed by atoms with van der Waals surface area (Å²) in [6.45, 7) is 1.95. The van der Waals surface area contributed by atoms with Crippen molar-refractivity contribution in [1.29, 1.82) is 0 Å². The Morgan fingerprint density at radius 3 is 2.34 bits per heavy atom. The summed E-state index contributed by atoms with van der Waals surface area (Å²) in [6, 6.07) is 16.6. The highest BCUT2D eigenvalue weighted by Crippen LogP contribution is 2.41. The summed E-state index contributed by atoms with van der Waals surface area (Å²) in [5.41, 5.74) is 2.69. The van der Waals surface area contributed by atoms with Crippen LogP contribution >= 0.6 is 11.6 Å². The van der Waals surface area contributed by atoms with Gasteiger partial charge in [-0.25, -0.2) is 0 Å². The zero-order valence-corrected chi connectivity index (χ0v) is 16.3. The van der Waals surface area contributed by atoms with Gasteiger partial charge in [0.1, 0.15) is 5.76 Å². The maximum atomic E-state index is 13.0. The van der Waals surface area contributed by atoms with Crippen LogP contribution in [0.4, 0.5) is 5.69 Å². The first-order valence-corrected chi connectivity index (χ1v) is 9.38. The van der Waals surface area contributed by atoms with Crippen molar-refractivity contribution in [2.75, 3.05) is 4.90 Å². The maximum Gasteiger partial charge on any atom is 0.300 e. The number of halogens is 1. The van der Waals surface area contributed by atoms with Crippen molar-refractivity contribution in [1.82, 2.24) is 4.98 Å². The van der Waals surface area contributed by atoms with E-state index in [0.29, 0.717) is 21.8 Å². The maximum absolute atomic E-state index is 13.0. The molecule has 2 heterocycles. The van der Waals surface area contributed by atoms with Crippen LogP contribution in [0.2, 0.25) is 5.02 Å². The van der Waals surface area contributed by atoms with Crippen LogP contribution in [0, 0.1) is 6.92 Å². The fraction of sp³-hybridized carbons (Fsp3) is 0.0870. The lowest BCUT2D eigenvalue weighted by atomic mass is 9.94. The molecule has 1 aliphatic heterocycles. The SMILES string of the molecule is Cc1ccc(C2/C(=C(\O)c3ccc(Cl)cc3)C(=O)C(=O)N2c2cccnc2)cc1. The Bertz CT molecular complexity index is 1110. The third-order valence-corrected chi connectivity index (χ3v) is 5.13. The molecule has 1 unspecified atom stereocenters. The van der Waals surface area contributed by atoms with Gasteiger partial charge in [-0.2, -0.15) is 0 Å². The number of benzene rings is 2. The minimum atomic E-state index is -0.768. The number of carbonyl (C=O) groups excluding carboxylic acids is 2. The lowest BCUT2D eigenvalue weighted by molar-refractivity contribution is -0.132. The second-order valence-corrected chi connectivity index (χ2v) is 7.23. The predicted molar refractivity (Wildman–Crippen MR) is 112 cm³/mol. The first-order chi connectivity index (χ1) is 14.0. The minimum absolute atomic E-state index is 0.0324. The van der Waals surface area contributed by atoms with Crippen LogP contribution in [0.25, 0.3) is 5.76 Å². The summed E-state index contributed by atoms with van der Waals surface area (Å²) in [5, 5.41) is 11.5. The van der Waals surface area contributed by atoms with Crippen LogP contribution in [-0.4, -0.2) is 21.8 Å². The van der Waals surface area contributed by atoms with Crippen LogP contribution < -0.4 is 4.90 Å². The van der Waals surface area contributed by atoms with E-state index in [0.717, 1.165) is 5.56 Å². The van der Waals surface area contributed by atoms with Gasteiger partial charge < -0.3 is 5.11 Å². The van der Waals surface area contributed by atoms with Crippen molar-refractivity contribution in [2.24, 2.45) is 0 Å². The summed E-state index contributed by atoms with van der Waals surface area (Å²) in [6.07, 6.45) is 3.11. The summed E-state index contributed by atoms with van der Waals surface area (Å²) in [7, 11) is 0. The average molecular weight is 405 g/mol. The van der Waals surface area contributed by atoms with E-state index in [-0.39, 0.29) is 11.3 Å². The Morgan fingerprint density at radius 1 is 1.03 bits per heavy atom. The number of aliphatic hydroxyl groups is 1. The Morgan fingerprint density at radius 2 is 1.72 bits per heavy atom. The molecule has 29 heavy (non-hydrogen) atoms. The zero-order valence-electron chi connectivity index (χ0n) is 15.5. The van der Waals surface area contributed by atoms with Gasteiger partial charge in [0.25, 0.3) is 11.7 Å². The molecule has 1 fully saturated rings. The van der Waals surface area contributed by atoms with E-state index in [1.54, 1.807) is 42.6 Å². The standard InChI is InChI=1S/C23H17ClN2O3/c1-14-4-6-15(7-5-14)20-19(21(27)16-8-10-17(24)11-9-16)22(28)23(29)26(20)18-3-2-12-25-13-18/h2-13,20,27H,1H3/b21-19+. The quantitative estimate of drug-likeness (QED) is 0.391. The zero-order chi connectivity index (χ0) is 20.5. The van der Waals surface area contributed by atoms with E-state index >= 15 is 0 Å². The van der Waals surface area contributed by atoms with Gasteiger partial charge in [0.15, 0.2) is 0 Å². The highest BCUT2D eigenvalue weighted by Gasteiger charge is 2.47. The Kier molecular flexibility index (Phi) is 4.91. The summed E-state index contributed by atoms with van der Waals surface area (Å²) in [4.78, 5) is 31.4. The molecule has 2 aromatic carbocycles. The molecule has 6 heteroatoms. The smallest absolute Gasteiger partial charge is 0.300 e. The second kappa shape index (κ2) is 7.53. The lowest BCUT2D eigenvalue weighted by Gasteiger charge is -2.25. The average Bonchev–Trinajstić information content (AvgIpc) is 3.00. The Balaban J connectivity index is 1.94. The van der Waals surface area contributed by atoms with Crippen molar-refractivity contribution in [3.63, 3.8) is 0 Å². The topological polar surface area (TPSA) is 70.5 Å². The van der Waals surface area contributed by atoms with E-state index in [1.807, 2.05) is 31.2 Å². The molecule has 0 radical (unpaired) electrons. The van der Waals surface area contributed by atoms with Crippen LogP contribution in [0.5, 0.6) is 0 Å². The molecule has 0 saturated carbocycles. The third-order valence-electron chi connectivity index (χ3n) is 4.88. The molecule has 5 nitrogen and oxygen atoms in total. The molecule has 1 N–H and O–H groups in total. The van der Waals surface area contributed by atoms with E-state index in [4.69, 9.17) is 11.6 Å². The van der Waals surface area contributed by atoms with E-state index < -0.39 is 17.7 Å². The van der Waals surface area contributed by atoms with Gasteiger partial charge >= 0.3 is 0 Å². The molecule has 0 bridgehead atoms. The monoisotopic (exact) mass is 404 g/mol. The number of aliphatic hydroxyl groups excluding tert-OH is 1. The van der Waals surface area contributed by atoms with Gasteiger partial charge in [-0.15, -0.1) is 0 Å². The van der Waals surface area contributed by atoms with E-state index in [2.05, 4.69) is 4.98 Å². The molecule has 3 aromatic rings. The number of aromatic nitrogens is 1. The van der Waals surface area contributed by atoms with Crippen molar-refractivity contribution >= 4 is 34.7 Å². The van der Waals surface area contributed by atoms with E-state index in [9.17, 15) is 14.7 Å². The van der Waals surface area contributed by atoms with Crippen molar-refractivity contribution in [3.8, 4) is 0 Å². The summed E-state index contributed by atoms with van der Waals surface area (Å²) >= 11 is 5.94. The molecule has 1 saturated heterocycles. The highest BCUT2D eigenvalue weighted by molar-refractivity contribution is 6.51. The fourth-order valence-corrected chi connectivity index (χ4v) is 3.55. The third kappa shape index (κ3) is 3.41. The number of ketones is 1. The number of carbonyl (C=O) groups is 2. The van der Waals surface area contributed by atoms with Gasteiger partial charge in [0.05, 0.1) is 23.5 Å². The van der Waals surface area contributed by atoms with Crippen LogP contribution in [0.1, 0.15) is 22.7 Å². The Hall–Kier alpha value is -3.44. The second-order valence-electron chi connectivity index (χ2n) is 6.80. The number of rotatable bonds is 3. The first-order valence-electron chi connectivity index (χ1n) is 9.01. The van der Waals surface area contributed by atoms with Gasteiger partial charge in [-0.05, 0) is 48.9 Å². The van der Waals surface area contributed by atoms with Gasteiger partial charge in [-0.1, -0.05) is 41.4 Å². The number of pyridine rings is 1. The summed E-state index contributed by atoms with van der Waals surface area (Å²) < 4.78 is 0. The largest absolute Gasteiger partial charge is 0.507 e. The Labute approximate surface area is 172 Å². The summed E-state index contributed by atoms with van der Waals surface area (Å²) in [5.74, 6) is -1.69. The molecule has 1 aliphatic rings. The number of nitrogens with zero attached hydrogens (tertiary/aromatic N) is 2. The molecule has 144 valence electrons. The molecule has 0 spiro atoms. The molecular weight excluding hydrogens is 388 g/mol. The van der Waals surface area contributed by atoms with Crippen molar-refractivity contribution in [3.05, 3.63) is 100 Å². The number of Topliss-reactive ketones (excluding diaryl/α,β-unsaturated/α-hetero) is 1. The fourth-order valence-electron chi connectivity index (χ4n) is 3.42. The molecule has 0 aliphatic carbocycles. The molecule has 4 rings (SSSR count). The lowest BCUT2D eigenvalue weighted by Crippen LogP contribution is -2.29. The van der Waals surface area contributed by atoms with Crippen molar-refractivity contribution in [2.45, 2.75) is 13.0 Å². The van der Waals surface area contributed by atoms with Crippen molar-refractivity contribution < 1.29 is 14.7 Å². The number of anilines is 1. The number of amides is 1. The number of aryl methyl sites for hydroxylation is 1. The van der Waals surface area contributed by atoms with Crippen LogP contribution in [0.3, 0.4) is 0 Å². The normalized spacial score (nSPS) is 18.3. The first kappa shape index (κ1) is 18.9. The number of hydrogen-bond acceptors (Lipinski definition) is 4. The number of hydrogen-bond donors (Lipinski definition) is 1. The van der Waals surface area contributed by atoms with Crippen LogP contribution in [-0.2, 0) is 9.59 Å². The predicted octanol–water partition coefficient (Wildman–Crippen LogP) is 4.67. The van der Waals surface area contributed by atoms with Gasteiger partial charge in [-0.3, -0.25) is 19.5 Å². The minimum Gasteiger partial charge on any atom is -0.507 e. The van der Waals surface area contributed by atoms with Gasteiger partial charge in [0.2, 0.25) is 0 Å². The highest BCUT2D eigenvalue weighted by atomic mass is 35.5. The molecule has 1 amide bonds. The molecule has 1 atom stereocenters. The van der Waals surface area contributed by atoms with Gasteiger partial charge in [0, 0.05) is 16.8 Å². The van der Waals surface area contributed by atoms with Crippen LogP contribution in [0.15, 0.2) is 78.6 Å². The molecular formula is C23H17ClN2O3. The molecule has 1 aromatic heterocycles. The van der Waals surface area contributed by atoms with E-state index in [1.165, 1.54) is 11.1 Å².